The third kappa shape index (κ3) is 1.93. The predicted molar refractivity (Wildman–Crippen MR) is 62.0 cm³/mol. The number of rotatable bonds is 1. The highest BCUT2D eigenvalue weighted by molar-refractivity contribution is 4.96. The smallest absolute Gasteiger partial charge is 0.0236 e. The minimum atomic E-state index is 0.810. The summed E-state index contributed by atoms with van der Waals surface area (Å²) < 4.78 is 0. The highest BCUT2D eigenvalue weighted by Crippen LogP contribution is 2.28. The van der Waals surface area contributed by atoms with Crippen LogP contribution in [0.1, 0.15) is 19.3 Å². The molecule has 3 heterocycles. The SMILES string of the molecule is CN1CCC(N2C[C@@H]3CCCN[C@@H]3C2)C1. The Bertz CT molecular complexity index is 217. The summed E-state index contributed by atoms with van der Waals surface area (Å²) in [5, 5.41) is 3.69. The topological polar surface area (TPSA) is 18.5 Å². The molecule has 0 amide bonds. The zero-order valence-corrected chi connectivity index (χ0v) is 9.78. The van der Waals surface area contributed by atoms with E-state index in [1.54, 1.807) is 0 Å². The summed E-state index contributed by atoms with van der Waals surface area (Å²) in [5.41, 5.74) is 0. The molecule has 86 valence electrons. The number of hydrogen-bond acceptors (Lipinski definition) is 3. The summed E-state index contributed by atoms with van der Waals surface area (Å²) in [4.78, 5) is 5.22. The fraction of sp³-hybridized carbons (Fsp3) is 1.00. The number of likely N-dealkylation sites (tertiary alicyclic amines) is 2. The van der Waals surface area contributed by atoms with E-state index in [0.717, 1.165) is 18.0 Å². The van der Waals surface area contributed by atoms with Crippen LogP contribution in [0.4, 0.5) is 0 Å². The molecular formula is C12H23N3. The van der Waals surface area contributed by atoms with Crippen LogP contribution in [0.25, 0.3) is 0 Å². The monoisotopic (exact) mass is 209 g/mol. The Labute approximate surface area is 92.8 Å². The number of nitrogens with one attached hydrogen (secondary N) is 1. The van der Waals surface area contributed by atoms with Crippen LogP contribution in [0.2, 0.25) is 0 Å². The van der Waals surface area contributed by atoms with Gasteiger partial charge in [-0.05, 0) is 45.3 Å². The maximum atomic E-state index is 3.69. The lowest BCUT2D eigenvalue weighted by molar-refractivity contribution is 0.232. The van der Waals surface area contributed by atoms with Crippen molar-refractivity contribution in [1.29, 1.82) is 0 Å². The van der Waals surface area contributed by atoms with Crippen LogP contribution in [0.15, 0.2) is 0 Å². The van der Waals surface area contributed by atoms with Gasteiger partial charge < -0.3 is 10.2 Å². The van der Waals surface area contributed by atoms with E-state index in [2.05, 4.69) is 22.2 Å². The lowest BCUT2D eigenvalue weighted by atomic mass is 9.94. The number of nitrogens with zero attached hydrogens (tertiary/aromatic N) is 2. The standard InChI is InChI=1S/C12H23N3/c1-14-6-4-11(8-14)15-7-10-3-2-5-13-12(10)9-15/h10-13H,2-9H2,1H3/t10-,11?,12+/m0/s1. The molecule has 0 aromatic rings. The van der Waals surface area contributed by atoms with Gasteiger partial charge in [-0.25, -0.2) is 0 Å². The summed E-state index contributed by atoms with van der Waals surface area (Å²) in [6, 6.07) is 1.66. The Balaban J connectivity index is 1.60. The van der Waals surface area contributed by atoms with Crippen molar-refractivity contribution in [3.63, 3.8) is 0 Å². The summed E-state index contributed by atoms with van der Waals surface area (Å²) in [5.74, 6) is 0.949. The van der Waals surface area contributed by atoms with E-state index < -0.39 is 0 Å². The Morgan fingerprint density at radius 2 is 2.07 bits per heavy atom. The van der Waals surface area contributed by atoms with E-state index in [-0.39, 0.29) is 0 Å². The van der Waals surface area contributed by atoms with Crippen molar-refractivity contribution in [3.8, 4) is 0 Å². The van der Waals surface area contributed by atoms with Crippen LogP contribution in [0.5, 0.6) is 0 Å². The van der Waals surface area contributed by atoms with Crippen molar-refractivity contribution in [2.24, 2.45) is 5.92 Å². The number of fused-ring (bicyclic) bond motifs is 1. The molecule has 1 N–H and O–H groups in total. The second kappa shape index (κ2) is 4.04. The molecule has 0 saturated carbocycles. The number of piperidine rings is 1. The third-order valence-corrected chi connectivity index (χ3v) is 4.51. The number of hydrogen-bond donors (Lipinski definition) is 1. The normalized spacial score (nSPS) is 43.4. The van der Waals surface area contributed by atoms with Crippen LogP contribution in [-0.2, 0) is 0 Å². The van der Waals surface area contributed by atoms with Gasteiger partial charge in [-0.2, -0.15) is 0 Å². The van der Waals surface area contributed by atoms with Gasteiger partial charge in [-0.1, -0.05) is 0 Å². The summed E-state index contributed by atoms with van der Waals surface area (Å²) in [6.07, 6.45) is 4.23. The molecule has 3 aliphatic heterocycles. The Kier molecular flexibility index (Phi) is 2.71. The molecule has 0 aromatic heterocycles. The molecule has 1 unspecified atom stereocenters. The van der Waals surface area contributed by atoms with Gasteiger partial charge in [0.1, 0.15) is 0 Å². The zero-order chi connectivity index (χ0) is 10.3. The molecular weight excluding hydrogens is 186 g/mol. The van der Waals surface area contributed by atoms with Crippen LogP contribution in [0.3, 0.4) is 0 Å². The van der Waals surface area contributed by atoms with Crippen molar-refractivity contribution >= 4 is 0 Å². The molecule has 0 spiro atoms. The Morgan fingerprint density at radius 1 is 1.13 bits per heavy atom. The van der Waals surface area contributed by atoms with Crippen molar-refractivity contribution < 1.29 is 0 Å². The first-order valence-corrected chi connectivity index (χ1v) is 6.49. The Hall–Kier alpha value is -0.120. The molecule has 3 heteroatoms. The molecule has 3 fully saturated rings. The molecule has 3 aliphatic rings. The third-order valence-electron chi connectivity index (χ3n) is 4.51. The molecule has 3 nitrogen and oxygen atoms in total. The fourth-order valence-corrected chi connectivity index (χ4v) is 3.59. The lowest BCUT2D eigenvalue weighted by Gasteiger charge is -2.25. The van der Waals surface area contributed by atoms with E-state index in [9.17, 15) is 0 Å². The van der Waals surface area contributed by atoms with Crippen LogP contribution >= 0.6 is 0 Å². The van der Waals surface area contributed by atoms with E-state index in [1.807, 2.05) is 0 Å². The molecule has 0 aliphatic carbocycles. The minimum Gasteiger partial charge on any atom is -0.312 e. The van der Waals surface area contributed by atoms with Crippen LogP contribution < -0.4 is 5.32 Å². The average Bonchev–Trinajstić information content (AvgIpc) is 2.82. The van der Waals surface area contributed by atoms with E-state index in [1.165, 1.54) is 52.0 Å². The molecule has 0 bridgehead atoms. The second-order valence-electron chi connectivity index (χ2n) is 5.62. The predicted octanol–water partition coefficient (Wildman–Crippen LogP) is 0.374. The van der Waals surface area contributed by atoms with Crippen molar-refractivity contribution in [3.05, 3.63) is 0 Å². The van der Waals surface area contributed by atoms with Gasteiger partial charge in [-0.15, -0.1) is 0 Å². The first kappa shape index (κ1) is 10.1. The first-order chi connectivity index (χ1) is 7.33. The van der Waals surface area contributed by atoms with Gasteiger partial charge >= 0.3 is 0 Å². The summed E-state index contributed by atoms with van der Waals surface area (Å²) >= 11 is 0. The molecule has 15 heavy (non-hydrogen) atoms. The Morgan fingerprint density at radius 3 is 2.80 bits per heavy atom. The molecule has 3 atom stereocenters. The van der Waals surface area contributed by atoms with E-state index in [4.69, 9.17) is 0 Å². The first-order valence-electron chi connectivity index (χ1n) is 6.49. The van der Waals surface area contributed by atoms with Crippen LogP contribution in [0, 0.1) is 5.92 Å². The molecule has 0 radical (unpaired) electrons. The van der Waals surface area contributed by atoms with E-state index in [0.29, 0.717) is 0 Å². The second-order valence-corrected chi connectivity index (χ2v) is 5.62. The molecule has 0 aromatic carbocycles. The lowest BCUT2D eigenvalue weighted by Crippen LogP contribution is -2.41. The highest BCUT2D eigenvalue weighted by atomic mass is 15.3. The van der Waals surface area contributed by atoms with Gasteiger partial charge in [0, 0.05) is 31.7 Å². The van der Waals surface area contributed by atoms with Gasteiger partial charge in [0.05, 0.1) is 0 Å². The fourth-order valence-electron chi connectivity index (χ4n) is 3.59. The zero-order valence-electron chi connectivity index (χ0n) is 9.78. The number of likely N-dealkylation sites (N-methyl/N-ethyl adjacent to an activating group) is 1. The quantitative estimate of drug-likeness (QED) is 0.673. The largest absolute Gasteiger partial charge is 0.312 e. The average molecular weight is 209 g/mol. The van der Waals surface area contributed by atoms with Crippen molar-refractivity contribution in [2.45, 2.75) is 31.3 Å². The summed E-state index contributed by atoms with van der Waals surface area (Å²) in [7, 11) is 2.25. The van der Waals surface area contributed by atoms with Gasteiger partial charge in [-0.3, -0.25) is 4.90 Å². The molecule has 3 saturated heterocycles. The van der Waals surface area contributed by atoms with Gasteiger partial charge in [0.25, 0.3) is 0 Å². The highest BCUT2D eigenvalue weighted by Gasteiger charge is 2.38. The maximum absolute atomic E-state index is 3.69. The van der Waals surface area contributed by atoms with Crippen LogP contribution in [-0.4, -0.2) is 61.7 Å². The maximum Gasteiger partial charge on any atom is 0.0236 e. The van der Waals surface area contributed by atoms with Crippen molar-refractivity contribution in [2.75, 3.05) is 39.8 Å². The molecule has 3 rings (SSSR count). The van der Waals surface area contributed by atoms with Gasteiger partial charge in [0.15, 0.2) is 0 Å². The van der Waals surface area contributed by atoms with Gasteiger partial charge in [0.2, 0.25) is 0 Å². The van der Waals surface area contributed by atoms with E-state index >= 15 is 0 Å². The summed E-state index contributed by atoms with van der Waals surface area (Å²) in [6.45, 7) is 6.50. The van der Waals surface area contributed by atoms with Crippen molar-refractivity contribution in [1.82, 2.24) is 15.1 Å². The minimum absolute atomic E-state index is 0.810.